The maximum absolute atomic E-state index is 10.3. The van der Waals surface area contributed by atoms with Crippen LogP contribution in [0, 0.1) is 0 Å². The van der Waals surface area contributed by atoms with Crippen molar-refractivity contribution in [2.45, 2.75) is 31.4 Å². The predicted octanol–water partition coefficient (Wildman–Crippen LogP) is 1.42. The van der Waals surface area contributed by atoms with Crippen LogP contribution in [0.2, 0.25) is 0 Å². The van der Waals surface area contributed by atoms with Crippen LogP contribution in [0.25, 0.3) is 0 Å². The Bertz CT molecular complexity index is 305. The van der Waals surface area contributed by atoms with Crippen LogP contribution >= 0.6 is 11.3 Å². The number of aliphatic hydroxyl groups is 1. The smallest absolute Gasteiger partial charge is 0.0675 e. The third kappa shape index (κ3) is 3.56. The van der Waals surface area contributed by atoms with Gasteiger partial charge in [0.2, 0.25) is 0 Å². The monoisotopic (exact) mass is 241 g/mol. The number of hydrogen-bond donors (Lipinski definition) is 2. The summed E-state index contributed by atoms with van der Waals surface area (Å²) in [4.78, 5) is 0. The van der Waals surface area contributed by atoms with E-state index in [0.717, 1.165) is 19.6 Å². The van der Waals surface area contributed by atoms with Gasteiger partial charge in [-0.05, 0) is 35.7 Å². The molecular formula is C12H19NO2S. The highest BCUT2D eigenvalue weighted by Gasteiger charge is 2.27. The molecule has 2 unspecified atom stereocenters. The van der Waals surface area contributed by atoms with E-state index in [1.165, 1.54) is 5.56 Å². The van der Waals surface area contributed by atoms with Crippen molar-refractivity contribution in [1.29, 1.82) is 0 Å². The summed E-state index contributed by atoms with van der Waals surface area (Å²) in [6, 6.07) is 2.35. The molecule has 0 saturated carbocycles. The molecule has 0 radical (unpaired) electrons. The minimum absolute atomic E-state index is 0.280. The third-order valence-corrected chi connectivity index (χ3v) is 3.58. The number of rotatable bonds is 4. The zero-order valence-electron chi connectivity index (χ0n) is 9.61. The molecule has 3 nitrogen and oxygen atoms in total. The van der Waals surface area contributed by atoms with Gasteiger partial charge in [-0.3, -0.25) is 0 Å². The Kier molecular flexibility index (Phi) is 3.97. The topological polar surface area (TPSA) is 41.5 Å². The van der Waals surface area contributed by atoms with Gasteiger partial charge in [-0.1, -0.05) is 0 Å². The van der Waals surface area contributed by atoms with Crippen molar-refractivity contribution in [1.82, 2.24) is 5.32 Å². The first kappa shape index (κ1) is 12.0. The lowest BCUT2D eigenvalue weighted by atomic mass is 9.91. The minimum Gasteiger partial charge on any atom is -0.390 e. The molecule has 0 amide bonds. The lowest BCUT2D eigenvalue weighted by molar-refractivity contribution is 0.00656. The number of hydrogen-bond acceptors (Lipinski definition) is 4. The van der Waals surface area contributed by atoms with Gasteiger partial charge in [-0.15, -0.1) is 0 Å². The molecule has 0 spiro atoms. The van der Waals surface area contributed by atoms with Crippen LogP contribution in [-0.4, -0.2) is 36.5 Å². The fraction of sp³-hybridized carbons (Fsp3) is 0.667. The van der Waals surface area contributed by atoms with Gasteiger partial charge in [0.05, 0.1) is 18.8 Å². The summed E-state index contributed by atoms with van der Waals surface area (Å²) in [7, 11) is 0. The van der Waals surface area contributed by atoms with Gasteiger partial charge in [0.1, 0.15) is 0 Å². The average molecular weight is 241 g/mol. The first-order chi connectivity index (χ1) is 7.66. The predicted molar refractivity (Wildman–Crippen MR) is 65.9 cm³/mol. The van der Waals surface area contributed by atoms with Crippen molar-refractivity contribution in [2.75, 3.05) is 19.8 Å². The molecule has 2 heterocycles. The van der Waals surface area contributed by atoms with Gasteiger partial charge in [-0.25, -0.2) is 0 Å². The summed E-state index contributed by atoms with van der Waals surface area (Å²) in [6.07, 6.45) is 1.46. The van der Waals surface area contributed by atoms with Crippen LogP contribution in [-0.2, 0) is 11.2 Å². The van der Waals surface area contributed by atoms with Crippen molar-refractivity contribution in [2.24, 2.45) is 0 Å². The quantitative estimate of drug-likeness (QED) is 0.837. The summed E-state index contributed by atoms with van der Waals surface area (Å²) in [5, 5.41) is 17.9. The second-order valence-electron chi connectivity index (χ2n) is 4.74. The Morgan fingerprint density at radius 1 is 1.69 bits per heavy atom. The van der Waals surface area contributed by atoms with Crippen molar-refractivity contribution >= 4 is 11.3 Å². The van der Waals surface area contributed by atoms with Crippen LogP contribution < -0.4 is 5.32 Å². The molecule has 0 bridgehead atoms. The Morgan fingerprint density at radius 3 is 3.19 bits per heavy atom. The minimum atomic E-state index is -0.653. The van der Waals surface area contributed by atoms with Crippen molar-refractivity contribution in [3.63, 3.8) is 0 Å². The molecule has 1 saturated heterocycles. The van der Waals surface area contributed by atoms with Crippen LogP contribution in [0.3, 0.4) is 0 Å². The molecule has 16 heavy (non-hydrogen) atoms. The van der Waals surface area contributed by atoms with E-state index in [2.05, 4.69) is 16.8 Å². The summed E-state index contributed by atoms with van der Waals surface area (Å²) in [5.41, 5.74) is 0.561. The van der Waals surface area contributed by atoms with Gasteiger partial charge in [-0.2, -0.15) is 11.3 Å². The SMILES string of the molecule is CC(O)(Cc1ccsc1)CC1COCCN1. The second-order valence-corrected chi connectivity index (χ2v) is 5.52. The molecule has 1 aromatic heterocycles. The van der Waals surface area contributed by atoms with E-state index in [1.54, 1.807) is 11.3 Å². The van der Waals surface area contributed by atoms with E-state index in [9.17, 15) is 5.11 Å². The second kappa shape index (κ2) is 5.27. The van der Waals surface area contributed by atoms with Gasteiger partial charge < -0.3 is 15.2 Å². The molecule has 0 aromatic carbocycles. The van der Waals surface area contributed by atoms with Crippen molar-refractivity contribution in [3.8, 4) is 0 Å². The van der Waals surface area contributed by atoms with Crippen LogP contribution in [0.1, 0.15) is 18.9 Å². The lowest BCUT2D eigenvalue weighted by Crippen LogP contribution is -2.46. The highest BCUT2D eigenvalue weighted by atomic mass is 32.1. The number of morpholine rings is 1. The maximum atomic E-state index is 10.3. The Balaban J connectivity index is 1.86. The normalized spacial score (nSPS) is 25.2. The number of nitrogens with one attached hydrogen (secondary N) is 1. The average Bonchev–Trinajstić information content (AvgIpc) is 2.70. The Hall–Kier alpha value is -0.420. The molecule has 90 valence electrons. The molecule has 0 aliphatic carbocycles. The van der Waals surface area contributed by atoms with E-state index in [1.807, 2.05) is 12.3 Å². The summed E-state index contributed by atoms with van der Waals surface area (Å²) >= 11 is 1.67. The van der Waals surface area contributed by atoms with Gasteiger partial charge in [0.25, 0.3) is 0 Å². The van der Waals surface area contributed by atoms with Gasteiger partial charge >= 0.3 is 0 Å². The zero-order valence-corrected chi connectivity index (χ0v) is 10.4. The highest BCUT2D eigenvalue weighted by molar-refractivity contribution is 7.07. The number of thiophene rings is 1. The first-order valence-corrected chi connectivity index (χ1v) is 6.65. The first-order valence-electron chi connectivity index (χ1n) is 5.70. The molecule has 2 atom stereocenters. The third-order valence-electron chi connectivity index (χ3n) is 2.85. The fourth-order valence-electron chi connectivity index (χ4n) is 2.19. The summed E-state index contributed by atoms with van der Waals surface area (Å²) < 4.78 is 5.39. The van der Waals surface area contributed by atoms with E-state index < -0.39 is 5.60 Å². The molecule has 1 fully saturated rings. The molecule has 1 aromatic rings. The molecule has 2 N–H and O–H groups in total. The van der Waals surface area contributed by atoms with Crippen molar-refractivity contribution in [3.05, 3.63) is 22.4 Å². The molecular weight excluding hydrogens is 222 g/mol. The fourth-order valence-corrected chi connectivity index (χ4v) is 2.86. The van der Waals surface area contributed by atoms with Crippen molar-refractivity contribution < 1.29 is 9.84 Å². The van der Waals surface area contributed by atoms with E-state index in [4.69, 9.17) is 4.74 Å². The Morgan fingerprint density at radius 2 is 2.56 bits per heavy atom. The highest BCUT2D eigenvalue weighted by Crippen LogP contribution is 2.21. The zero-order chi connectivity index (χ0) is 11.4. The van der Waals surface area contributed by atoms with Crippen LogP contribution in [0.5, 0.6) is 0 Å². The lowest BCUT2D eigenvalue weighted by Gasteiger charge is -2.31. The molecule has 2 rings (SSSR count). The van der Waals surface area contributed by atoms with Crippen LogP contribution in [0.4, 0.5) is 0 Å². The molecule has 1 aliphatic heterocycles. The maximum Gasteiger partial charge on any atom is 0.0675 e. The van der Waals surface area contributed by atoms with Gasteiger partial charge in [0, 0.05) is 19.0 Å². The van der Waals surface area contributed by atoms with E-state index in [-0.39, 0.29) is 6.04 Å². The van der Waals surface area contributed by atoms with E-state index in [0.29, 0.717) is 13.0 Å². The molecule has 4 heteroatoms. The summed E-state index contributed by atoms with van der Waals surface area (Å²) in [5.74, 6) is 0. The number of ether oxygens (including phenoxy) is 1. The standard InChI is InChI=1S/C12H19NO2S/c1-12(14,6-10-2-5-16-9-10)7-11-8-15-4-3-13-11/h2,5,9,11,13-14H,3-4,6-8H2,1H3. The van der Waals surface area contributed by atoms with Crippen LogP contribution in [0.15, 0.2) is 16.8 Å². The van der Waals surface area contributed by atoms with E-state index >= 15 is 0 Å². The summed E-state index contributed by atoms with van der Waals surface area (Å²) in [6.45, 7) is 4.28. The largest absolute Gasteiger partial charge is 0.390 e. The Labute approximate surface area is 100 Å². The van der Waals surface area contributed by atoms with Gasteiger partial charge in [0.15, 0.2) is 0 Å². The molecule has 1 aliphatic rings.